The average Bonchev–Trinajstić information content (AvgIpc) is 3.11. The Morgan fingerprint density at radius 2 is 1.23 bits per heavy atom. The molecule has 3 aromatic carbocycles. The van der Waals surface area contributed by atoms with Crippen LogP contribution in [0.2, 0.25) is 30.1 Å². The number of nitrogens with zero attached hydrogens (tertiary/aromatic N) is 2. The molecule has 12 heteroatoms. The molecule has 0 radical (unpaired) electrons. The van der Waals surface area contributed by atoms with E-state index in [-0.39, 0.29) is 52.4 Å². The van der Waals surface area contributed by atoms with Gasteiger partial charge in [0, 0.05) is 11.1 Å². The molecule has 0 bridgehead atoms. The summed E-state index contributed by atoms with van der Waals surface area (Å²) >= 11 is 36.5. The average molecular weight is 591 g/mol. The van der Waals surface area contributed by atoms with Gasteiger partial charge in [-0.05, 0) is 18.2 Å². The summed E-state index contributed by atoms with van der Waals surface area (Å²) < 4.78 is 0. The van der Waals surface area contributed by atoms with E-state index in [9.17, 15) is 19.2 Å². The predicted molar refractivity (Wildman–Crippen MR) is 135 cm³/mol. The predicted octanol–water partition coefficient (Wildman–Crippen LogP) is 7.14. The number of fused-ring (bicyclic) bond motifs is 1. The minimum atomic E-state index is -1.01. The van der Waals surface area contributed by atoms with Crippen molar-refractivity contribution in [1.29, 1.82) is 0 Å². The van der Waals surface area contributed by atoms with Crippen LogP contribution in [0.4, 0.5) is 0 Å². The molecule has 0 aromatic heterocycles. The third kappa shape index (κ3) is 4.51. The molecule has 0 spiro atoms. The molecule has 0 aliphatic carbocycles. The fraction of sp³-hybridized carbons (Fsp3) is 0.0435. The van der Waals surface area contributed by atoms with Gasteiger partial charge >= 0.3 is 0 Å². The summed E-state index contributed by atoms with van der Waals surface area (Å²) in [5.74, 6) is -3.45. The van der Waals surface area contributed by atoms with E-state index in [1.54, 1.807) is 18.2 Å². The lowest BCUT2D eigenvalue weighted by molar-refractivity contribution is 0.00532. The topological polar surface area (TPSA) is 74.8 Å². The number of hydrogen-bond acceptors (Lipinski definition) is 4. The van der Waals surface area contributed by atoms with Crippen LogP contribution in [0.1, 0.15) is 41.4 Å². The summed E-state index contributed by atoms with van der Waals surface area (Å²) in [5, 5.41) is 0.319. The van der Waals surface area contributed by atoms with Gasteiger partial charge in [0.2, 0.25) is 0 Å². The number of carbonyl (C=O) groups is 4. The molecule has 178 valence electrons. The Morgan fingerprint density at radius 1 is 0.686 bits per heavy atom. The molecule has 0 saturated carbocycles. The molecule has 0 unspecified atom stereocenters. The van der Waals surface area contributed by atoms with E-state index in [0.717, 1.165) is 0 Å². The van der Waals surface area contributed by atoms with Crippen LogP contribution in [0.15, 0.2) is 48.5 Å². The number of imide groups is 1. The Bertz CT molecular complexity index is 1380. The standard InChI is InChI=1S/C23H10Cl6N2O4/c24-12-7-6-11(8-13(12)25)21(33)30(9-14(32)10-4-2-1-3-5-10)31-22(34)15-16(23(31)35)18(27)20(29)19(28)17(15)26/h1-8H,9H2. The molecule has 1 aliphatic rings. The highest BCUT2D eigenvalue weighted by molar-refractivity contribution is 6.55. The first-order valence-corrected chi connectivity index (χ1v) is 11.9. The quantitative estimate of drug-likeness (QED) is 0.137. The van der Waals surface area contributed by atoms with Crippen LogP contribution >= 0.6 is 69.6 Å². The highest BCUT2D eigenvalue weighted by Crippen LogP contribution is 2.45. The number of halogens is 6. The number of hydrogen-bond donors (Lipinski definition) is 0. The minimum Gasteiger partial charge on any atom is -0.292 e. The molecule has 1 heterocycles. The number of rotatable bonds is 5. The molecule has 0 fully saturated rings. The number of benzene rings is 3. The van der Waals surface area contributed by atoms with Gasteiger partial charge in [-0.1, -0.05) is 99.9 Å². The Morgan fingerprint density at radius 3 is 1.74 bits per heavy atom. The number of amides is 3. The largest absolute Gasteiger partial charge is 0.292 e. The fourth-order valence-corrected chi connectivity index (χ4v) is 4.73. The van der Waals surface area contributed by atoms with Gasteiger partial charge < -0.3 is 0 Å². The van der Waals surface area contributed by atoms with Crippen molar-refractivity contribution in [3.8, 4) is 0 Å². The van der Waals surface area contributed by atoms with E-state index in [1.807, 2.05) is 0 Å². The summed E-state index contributed by atoms with van der Waals surface area (Å²) in [4.78, 5) is 53.3. The van der Waals surface area contributed by atoms with Crippen LogP contribution in [-0.4, -0.2) is 40.1 Å². The number of Topliss-reactive ketones (excluding diaryl/α,β-unsaturated/α-hetero) is 1. The molecular weight excluding hydrogens is 581 g/mol. The monoisotopic (exact) mass is 588 g/mol. The van der Waals surface area contributed by atoms with E-state index in [1.165, 1.54) is 30.3 Å². The second kappa shape index (κ2) is 9.97. The van der Waals surface area contributed by atoms with Gasteiger partial charge in [-0.3, -0.25) is 19.2 Å². The lowest BCUT2D eigenvalue weighted by Crippen LogP contribution is -2.51. The second-order valence-electron chi connectivity index (χ2n) is 7.21. The van der Waals surface area contributed by atoms with Gasteiger partial charge in [0.25, 0.3) is 17.7 Å². The Kier molecular flexibility index (Phi) is 7.34. The van der Waals surface area contributed by atoms with Crippen molar-refractivity contribution in [3.05, 3.63) is 101 Å². The van der Waals surface area contributed by atoms with Gasteiger partial charge in [-0.15, -0.1) is 0 Å². The van der Waals surface area contributed by atoms with Gasteiger partial charge in [-0.25, -0.2) is 5.01 Å². The normalized spacial score (nSPS) is 12.7. The number of hydrazine groups is 1. The van der Waals surface area contributed by atoms with Crippen molar-refractivity contribution in [1.82, 2.24) is 10.0 Å². The number of carbonyl (C=O) groups excluding carboxylic acids is 4. The van der Waals surface area contributed by atoms with Gasteiger partial charge in [-0.2, -0.15) is 5.01 Å². The SMILES string of the molecule is O=C(CN(C(=O)c1ccc(Cl)c(Cl)c1)N1C(=O)c2c(Cl)c(Cl)c(Cl)c(Cl)c2C1=O)c1ccccc1. The first-order valence-electron chi connectivity index (χ1n) is 9.64. The number of ketones is 1. The van der Waals surface area contributed by atoms with E-state index in [2.05, 4.69) is 0 Å². The lowest BCUT2D eigenvalue weighted by Gasteiger charge is -2.29. The molecule has 0 atom stereocenters. The van der Waals surface area contributed by atoms with Gasteiger partial charge in [0.05, 0.1) is 41.3 Å². The van der Waals surface area contributed by atoms with Crippen molar-refractivity contribution in [2.24, 2.45) is 0 Å². The first kappa shape index (κ1) is 25.8. The Labute approximate surface area is 228 Å². The zero-order valence-electron chi connectivity index (χ0n) is 17.1. The smallest absolute Gasteiger partial charge is 0.282 e. The highest BCUT2D eigenvalue weighted by atomic mass is 35.5. The van der Waals surface area contributed by atoms with Crippen LogP contribution in [0.25, 0.3) is 0 Å². The maximum Gasteiger partial charge on any atom is 0.282 e. The molecule has 3 aromatic rings. The molecule has 6 nitrogen and oxygen atoms in total. The van der Waals surface area contributed by atoms with E-state index in [0.29, 0.717) is 10.0 Å². The summed E-state index contributed by atoms with van der Waals surface area (Å²) in [6.07, 6.45) is 0. The Balaban J connectivity index is 1.83. The van der Waals surface area contributed by atoms with Crippen LogP contribution in [0, 0.1) is 0 Å². The third-order valence-electron chi connectivity index (χ3n) is 5.11. The minimum absolute atomic E-state index is 0.0370. The van der Waals surface area contributed by atoms with Crippen molar-refractivity contribution in [2.75, 3.05) is 6.54 Å². The summed E-state index contributed by atoms with van der Waals surface area (Å²) in [5.41, 5.74) is -0.464. The molecule has 3 amide bonds. The fourth-order valence-electron chi connectivity index (χ4n) is 3.42. The van der Waals surface area contributed by atoms with Crippen LogP contribution in [-0.2, 0) is 0 Å². The van der Waals surface area contributed by atoms with Crippen LogP contribution in [0.5, 0.6) is 0 Å². The maximum absolute atomic E-state index is 13.5. The molecule has 0 N–H and O–H groups in total. The van der Waals surface area contributed by atoms with Gasteiger partial charge in [0.15, 0.2) is 5.78 Å². The van der Waals surface area contributed by atoms with E-state index >= 15 is 0 Å². The zero-order valence-corrected chi connectivity index (χ0v) is 21.7. The lowest BCUT2D eigenvalue weighted by atomic mass is 10.1. The highest BCUT2D eigenvalue weighted by Gasteiger charge is 2.46. The van der Waals surface area contributed by atoms with Crippen molar-refractivity contribution in [3.63, 3.8) is 0 Å². The summed E-state index contributed by atoms with van der Waals surface area (Å²) in [7, 11) is 0. The molecule has 4 rings (SSSR count). The molecular formula is C23H10Cl6N2O4. The third-order valence-corrected chi connectivity index (χ3v) is 7.65. The van der Waals surface area contributed by atoms with Crippen LogP contribution < -0.4 is 0 Å². The first-order chi connectivity index (χ1) is 16.5. The summed E-state index contributed by atoms with van der Waals surface area (Å²) in [6, 6.07) is 12.0. The maximum atomic E-state index is 13.5. The molecule has 0 saturated heterocycles. The second-order valence-corrected chi connectivity index (χ2v) is 9.54. The van der Waals surface area contributed by atoms with E-state index < -0.39 is 30.0 Å². The van der Waals surface area contributed by atoms with Crippen molar-refractivity contribution >= 4 is 93.1 Å². The van der Waals surface area contributed by atoms with Crippen molar-refractivity contribution < 1.29 is 19.2 Å². The molecule has 1 aliphatic heterocycles. The van der Waals surface area contributed by atoms with Crippen LogP contribution in [0.3, 0.4) is 0 Å². The van der Waals surface area contributed by atoms with Crippen molar-refractivity contribution in [2.45, 2.75) is 0 Å². The van der Waals surface area contributed by atoms with E-state index in [4.69, 9.17) is 69.6 Å². The zero-order chi connectivity index (χ0) is 25.6. The molecule has 35 heavy (non-hydrogen) atoms. The van der Waals surface area contributed by atoms with Gasteiger partial charge in [0.1, 0.15) is 6.54 Å². The Hall–Kier alpha value is -2.32. The summed E-state index contributed by atoms with van der Waals surface area (Å²) in [6.45, 7) is -0.675.